The second-order valence-electron chi connectivity index (χ2n) is 4.06. The van der Waals surface area contributed by atoms with Crippen molar-refractivity contribution in [3.63, 3.8) is 0 Å². The van der Waals surface area contributed by atoms with Crippen LogP contribution in [0.2, 0.25) is 0 Å². The molecule has 1 amide bonds. The third-order valence-electron chi connectivity index (χ3n) is 1.74. The molecule has 0 aromatic carbocycles. The van der Waals surface area contributed by atoms with E-state index in [-0.39, 0.29) is 11.7 Å². The molecular formula is C9H17NO3. The number of cyclic esters (lactones) is 1. The smallest absolute Gasteiger partial charge is 0.410 e. The summed E-state index contributed by atoms with van der Waals surface area (Å²) in [5, 5.41) is 0. The van der Waals surface area contributed by atoms with Crippen LogP contribution in [0.15, 0.2) is 0 Å². The molecule has 0 N–H and O–H groups in total. The van der Waals surface area contributed by atoms with Crippen molar-refractivity contribution in [3.8, 4) is 0 Å². The fourth-order valence-electron chi connectivity index (χ4n) is 1.09. The minimum atomic E-state index is -0.225. The van der Waals surface area contributed by atoms with Gasteiger partial charge in [-0.05, 0) is 20.8 Å². The molecule has 0 radical (unpaired) electrons. The van der Waals surface area contributed by atoms with Gasteiger partial charge < -0.3 is 14.4 Å². The Labute approximate surface area is 78.8 Å². The third kappa shape index (κ3) is 3.63. The van der Waals surface area contributed by atoms with Gasteiger partial charge in [-0.3, -0.25) is 0 Å². The van der Waals surface area contributed by atoms with Crippen molar-refractivity contribution in [3.05, 3.63) is 0 Å². The lowest BCUT2D eigenvalue weighted by atomic mass is 10.2. The first-order valence-electron chi connectivity index (χ1n) is 4.55. The van der Waals surface area contributed by atoms with Gasteiger partial charge in [0.15, 0.2) is 0 Å². The van der Waals surface area contributed by atoms with Gasteiger partial charge in [-0.25, -0.2) is 4.79 Å². The lowest BCUT2D eigenvalue weighted by Gasteiger charge is -2.21. The highest BCUT2D eigenvalue weighted by Gasteiger charge is 2.21. The number of ether oxygens (including phenoxy) is 2. The highest BCUT2D eigenvalue weighted by molar-refractivity contribution is 5.69. The van der Waals surface area contributed by atoms with E-state index in [9.17, 15) is 4.79 Å². The second-order valence-corrected chi connectivity index (χ2v) is 4.06. The first-order valence-corrected chi connectivity index (χ1v) is 4.55. The Hall–Kier alpha value is -0.770. The average Bonchev–Trinajstić information content (AvgIpc) is 2.34. The van der Waals surface area contributed by atoms with Crippen LogP contribution >= 0.6 is 0 Å². The lowest BCUT2D eigenvalue weighted by molar-refractivity contribution is -0.00865. The van der Waals surface area contributed by atoms with Gasteiger partial charge in [0.2, 0.25) is 0 Å². The molecule has 0 aliphatic carbocycles. The molecular weight excluding hydrogens is 170 g/mol. The number of hydrogen-bond donors (Lipinski definition) is 0. The van der Waals surface area contributed by atoms with Gasteiger partial charge >= 0.3 is 6.09 Å². The van der Waals surface area contributed by atoms with Crippen molar-refractivity contribution < 1.29 is 14.3 Å². The maximum atomic E-state index is 11.0. The van der Waals surface area contributed by atoms with Crippen molar-refractivity contribution in [2.24, 2.45) is 0 Å². The van der Waals surface area contributed by atoms with Gasteiger partial charge in [0.1, 0.15) is 6.61 Å². The van der Waals surface area contributed by atoms with Crippen LogP contribution in [0.4, 0.5) is 4.79 Å². The molecule has 0 aromatic rings. The van der Waals surface area contributed by atoms with Crippen LogP contribution in [0.1, 0.15) is 20.8 Å². The van der Waals surface area contributed by atoms with Gasteiger partial charge in [-0.2, -0.15) is 0 Å². The zero-order chi connectivity index (χ0) is 9.90. The third-order valence-corrected chi connectivity index (χ3v) is 1.74. The maximum Gasteiger partial charge on any atom is 0.410 e. The largest absolute Gasteiger partial charge is 0.448 e. The Kier molecular flexibility index (Phi) is 3.14. The summed E-state index contributed by atoms with van der Waals surface area (Å²) in [5.41, 5.74) is -0.135. The van der Waals surface area contributed by atoms with Crippen LogP contribution in [-0.4, -0.2) is 42.9 Å². The predicted octanol–water partition coefficient (Wildman–Crippen LogP) is 1.25. The average molecular weight is 187 g/mol. The van der Waals surface area contributed by atoms with Crippen LogP contribution in [0, 0.1) is 0 Å². The van der Waals surface area contributed by atoms with Crippen LogP contribution in [-0.2, 0) is 9.47 Å². The van der Waals surface area contributed by atoms with Crippen molar-refractivity contribution in [1.29, 1.82) is 0 Å². The Morgan fingerprint density at radius 3 is 2.69 bits per heavy atom. The van der Waals surface area contributed by atoms with E-state index in [1.807, 2.05) is 20.8 Å². The summed E-state index contributed by atoms with van der Waals surface area (Å²) < 4.78 is 10.3. The summed E-state index contributed by atoms with van der Waals surface area (Å²) in [6, 6.07) is 0. The standard InChI is InChI=1S/C9H17NO3/c1-9(2,3)13-7-5-10-4-6-12-8(10)11/h4-7H2,1-3H3. The first kappa shape index (κ1) is 10.3. The Bertz CT molecular complexity index is 186. The molecule has 1 fully saturated rings. The number of nitrogens with zero attached hydrogens (tertiary/aromatic N) is 1. The molecule has 1 aliphatic rings. The molecule has 13 heavy (non-hydrogen) atoms. The fraction of sp³-hybridized carbons (Fsp3) is 0.889. The van der Waals surface area contributed by atoms with Gasteiger partial charge in [0.25, 0.3) is 0 Å². The minimum Gasteiger partial charge on any atom is -0.448 e. The quantitative estimate of drug-likeness (QED) is 0.667. The van der Waals surface area contributed by atoms with E-state index in [2.05, 4.69) is 0 Å². The normalized spacial score (nSPS) is 17.8. The summed E-state index contributed by atoms with van der Waals surface area (Å²) in [6.45, 7) is 8.37. The maximum absolute atomic E-state index is 11.0. The minimum absolute atomic E-state index is 0.135. The Morgan fingerprint density at radius 1 is 1.54 bits per heavy atom. The van der Waals surface area contributed by atoms with Crippen LogP contribution in [0.5, 0.6) is 0 Å². The van der Waals surface area contributed by atoms with Gasteiger partial charge in [-0.15, -0.1) is 0 Å². The van der Waals surface area contributed by atoms with Gasteiger partial charge in [-0.1, -0.05) is 0 Å². The van der Waals surface area contributed by atoms with Crippen LogP contribution < -0.4 is 0 Å². The highest BCUT2D eigenvalue weighted by atomic mass is 16.6. The molecule has 0 saturated carbocycles. The van der Waals surface area contributed by atoms with Crippen LogP contribution in [0.25, 0.3) is 0 Å². The molecule has 0 aromatic heterocycles. The number of amides is 1. The van der Waals surface area contributed by atoms with Gasteiger partial charge in [0.05, 0.1) is 18.8 Å². The molecule has 1 heterocycles. The fourth-order valence-corrected chi connectivity index (χ4v) is 1.09. The van der Waals surface area contributed by atoms with Crippen molar-refractivity contribution in [2.75, 3.05) is 26.3 Å². The zero-order valence-electron chi connectivity index (χ0n) is 8.50. The number of carbonyl (C=O) groups excluding carboxylic acids is 1. The molecule has 0 spiro atoms. The molecule has 1 saturated heterocycles. The molecule has 0 atom stereocenters. The Balaban J connectivity index is 2.16. The molecule has 1 rings (SSSR count). The first-order chi connectivity index (χ1) is 5.99. The van der Waals surface area contributed by atoms with E-state index in [0.717, 1.165) is 0 Å². The SMILES string of the molecule is CC(C)(C)OCCN1CCOC1=O. The number of rotatable bonds is 3. The van der Waals surface area contributed by atoms with Crippen molar-refractivity contribution in [2.45, 2.75) is 26.4 Å². The predicted molar refractivity (Wildman–Crippen MR) is 48.6 cm³/mol. The second kappa shape index (κ2) is 3.96. The summed E-state index contributed by atoms with van der Waals surface area (Å²) >= 11 is 0. The monoisotopic (exact) mass is 187 g/mol. The van der Waals surface area contributed by atoms with E-state index < -0.39 is 0 Å². The highest BCUT2D eigenvalue weighted by Crippen LogP contribution is 2.08. The zero-order valence-corrected chi connectivity index (χ0v) is 8.50. The van der Waals surface area contributed by atoms with Gasteiger partial charge in [0, 0.05) is 6.54 Å². The van der Waals surface area contributed by atoms with Crippen LogP contribution in [0.3, 0.4) is 0 Å². The molecule has 4 nitrogen and oxygen atoms in total. The summed E-state index contributed by atoms with van der Waals surface area (Å²) in [5.74, 6) is 0. The van der Waals surface area contributed by atoms with E-state index >= 15 is 0 Å². The summed E-state index contributed by atoms with van der Waals surface area (Å²) in [6.07, 6.45) is -0.225. The van der Waals surface area contributed by atoms with Crippen molar-refractivity contribution >= 4 is 6.09 Å². The Morgan fingerprint density at radius 2 is 2.23 bits per heavy atom. The number of hydrogen-bond acceptors (Lipinski definition) is 3. The summed E-state index contributed by atoms with van der Waals surface area (Å²) in [4.78, 5) is 12.6. The van der Waals surface area contributed by atoms with E-state index in [1.54, 1.807) is 4.90 Å². The summed E-state index contributed by atoms with van der Waals surface area (Å²) in [7, 11) is 0. The molecule has 76 valence electrons. The number of carbonyl (C=O) groups is 1. The van der Waals surface area contributed by atoms with E-state index in [4.69, 9.17) is 9.47 Å². The van der Waals surface area contributed by atoms with E-state index in [1.165, 1.54) is 0 Å². The van der Waals surface area contributed by atoms with Crippen molar-refractivity contribution in [1.82, 2.24) is 4.90 Å². The van der Waals surface area contributed by atoms with E-state index in [0.29, 0.717) is 26.3 Å². The lowest BCUT2D eigenvalue weighted by Crippen LogP contribution is -2.31. The molecule has 0 unspecified atom stereocenters. The molecule has 4 heteroatoms. The molecule has 0 bridgehead atoms. The topological polar surface area (TPSA) is 38.8 Å². The molecule has 1 aliphatic heterocycles.